The minimum absolute atomic E-state index is 0.0635. The van der Waals surface area contributed by atoms with Crippen molar-refractivity contribution in [3.63, 3.8) is 0 Å². The van der Waals surface area contributed by atoms with Gasteiger partial charge in [-0.2, -0.15) is 18.4 Å². The number of alkyl halides is 3. The summed E-state index contributed by atoms with van der Waals surface area (Å²) in [5.74, 6) is -1.78. The summed E-state index contributed by atoms with van der Waals surface area (Å²) in [6.07, 6.45) is -3.76. The Morgan fingerprint density at radius 1 is 1.22 bits per heavy atom. The Kier molecular flexibility index (Phi) is 4.44. The minimum Gasteiger partial charge on any atom is -0.494 e. The second-order valence-corrected chi connectivity index (χ2v) is 8.33. The molecule has 0 amide bonds. The Bertz CT molecular complexity index is 1240. The highest BCUT2D eigenvalue weighted by molar-refractivity contribution is 5.94. The number of aromatic hydroxyl groups is 2. The number of rotatable bonds is 3. The molecule has 7 nitrogen and oxygen atoms in total. The van der Waals surface area contributed by atoms with Gasteiger partial charge in [-0.15, -0.1) is 0 Å². The van der Waals surface area contributed by atoms with Crippen molar-refractivity contribution in [1.82, 2.24) is 4.57 Å². The first-order valence-corrected chi connectivity index (χ1v) is 9.68. The molecule has 0 radical (unpaired) electrons. The maximum atomic E-state index is 13.4. The number of nitrogens with zero attached hydrogens (tertiary/aromatic N) is 2. The minimum atomic E-state index is -4.82. The van der Waals surface area contributed by atoms with Crippen molar-refractivity contribution < 1.29 is 37.7 Å². The normalized spacial score (nSPS) is 23.8. The first kappa shape index (κ1) is 21.8. The van der Waals surface area contributed by atoms with Crippen molar-refractivity contribution in [2.24, 2.45) is 0 Å². The lowest BCUT2D eigenvalue weighted by atomic mass is 9.80. The van der Waals surface area contributed by atoms with Gasteiger partial charge in [-0.3, -0.25) is 4.57 Å². The largest absolute Gasteiger partial charge is 0.494 e. The molecular weight excluding hydrogens is 429 g/mol. The standard InChI is InChI=1S/C22H19F3N2O5/c1-10(2)31-19(30)14-8-20(3)15-16(21(14,4)32-20)18(29)27(17(15)28)12-6-5-11(9-26)13(7-12)22(23,24)25/h5-8,10,28-29H,1-4H3. The van der Waals surface area contributed by atoms with E-state index in [1.54, 1.807) is 20.8 Å². The van der Waals surface area contributed by atoms with Crippen LogP contribution in [0.25, 0.3) is 5.69 Å². The number of ether oxygens (including phenoxy) is 2. The fourth-order valence-electron chi connectivity index (χ4n) is 4.48. The van der Waals surface area contributed by atoms with Crippen LogP contribution in [0.15, 0.2) is 29.8 Å². The highest BCUT2D eigenvalue weighted by atomic mass is 19.4. The summed E-state index contributed by atoms with van der Waals surface area (Å²) < 4.78 is 52.4. The maximum Gasteiger partial charge on any atom is 0.417 e. The molecule has 0 fully saturated rings. The van der Waals surface area contributed by atoms with E-state index < -0.39 is 52.3 Å². The highest BCUT2D eigenvalue weighted by Gasteiger charge is 2.62. The van der Waals surface area contributed by atoms with Gasteiger partial charge in [-0.1, -0.05) is 0 Å². The Hall–Kier alpha value is -3.45. The Morgan fingerprint density at radius 3 is 2.41 bits per heavy atom. The second kappa shape index (κ2) is 6.53. The number of benzene rings is 1. The third-order valence-electron chi connectivity index (χ3n) is 5.69. The maximum absolute atomic E-state index is 13.4. The number of carbonyl (C=O) groups excluding carboxylic acids is 1. The number of nitriles is 1. The van der Waals surface area contributed by atoms with Gasteiger partial charge >= 0.3 is 12.1 Å². The van der Waals surface area contributed by atoms with Crippen molar-refractivity contribution in [2.75, 3.05) is 0 Å². The Balaban J connectivity index is 1.91. The van der Waals surface area contributed by atoms with Gasteiger partial charge in [0, 0.05) is 0 Å². The SMILES string of the molecule is CC(C)OC(=O)C1=CC2(C)OC1(C)c1c2c(O)n(-c2ccc(C#N)c(C(F)(F)F)c2)c1O. The van der Waals surface area contributed by atoms with E-state index in [-0.39, 0.29) is 22.4 Å². The van der Waals surface area contributed by atoms with E-state index in [2.05, 4.69) is 0 Å². The lowest BCUT2D eigenvalue weighted by Crippen LogP contribution is -2.29. The molecule has 168 valence electrons. The second-order valence-electron chi connectivity index (χ2n) is 8.33. The summed E-state index contributed by atoms with van der Waals surface area (Å²) in [6.45, 7) is 6.42. The van der Waals surface area contributed by atoms with Crippen LogP contribution in [-0.2, 0) is 31.6 Å². The molecule has 2 aromatic rings. The summed E-state index contributed by atoms with van der Waals surface area (Å²) in [7, 11) is 0. The quantitative estimate of drug-likeness (QED) is 0.685. The van der Waals surface area contributed by atoms with Crippen LogP contribution in [0, 0.1) is 11.3 Å². The van der Waals surface area contributed by atoms with Gasteiger partial charge < -0.3 is 19.7 Å². The summed E-state index contributed by atoms with van der Waals surface area (Å²) in [5, 5.41) is 30.9. The van der Waals surface area contributed by atoms with E-state index >= 15 is 0 Å². The Labute approximate surface area is 180 Å². The zero-order valence-electron chi connectivity index (χ0n) is 17.5. The number of fused-ring (bicyclic) bond motifs is 5. The molecule has 0 saturated heterocycles. The van der Waals surface area contributed by atoms with E-state index in [1.165, 1.54) is 25.1 Å². The van der Waals surface area contributed by atoms with Gasteiger partial charge in [0.05, 0.1) is 45.7 Å². The third-order valence-corrected chi connectivity index (χ3v) is 5.69. The molecule has 3 heterocycles. The molecule has 2 bridgehead atoms. The van der Waals surface area contributed by atoms with Crippen LogP contribution in [0.3, 0.4) is 0 Å². The molecular formula is C22H19F3N2O5. The molecule has 0 saturated carbocycles. The number of halogens is 3. The number of esters is 1. The summed E-state index contributed by atoms with van der Waals surface area (Å²) >= 11 is 0. The molecule has 2 aliphatic heterocycles. The van der Waals surface area contributed by atoms with Crippen LogP contribution in [0.5, 0.6) is 11.8 Å². The van der Waals surface area contributed by atoms with E-state index in [9.17, 15) is 28.2 Å². The fourth-order valence-corrected chi connectivity index (χ4v) is 4.48. The molecule has 32 heavy (non-hydrogen) atoms. The molecule has 0 spiro atoms. The first-order valence-electron chi connectivity index (χ1n) is 9.68. The molecule has 2 atom stereocenters. The van der Waals surface area contributed by atoms with Gasteiger partial charge in [0.2, 0.25) is 11.8 Å². The Morgan fingerprint density at radius 2 is 1.84 bits per heavy atom. The van der Waals surface area contributed by atoms with Crippen molar-refractivity contribution in [3.8, 4) is 23.5 Å². The van der Waals surface area contributed by atoms with E-state index in [4.69, 9.17) is 14.7 Å². The fraction of sp³-hybridized carbons (Fsp3) is 0.364. The van der Waals surface area contributed by atoms with Crippen LogP contribution < -0.4 is 0 Å². The van der Waals surface area contributed by atoms with E-state index in [0.29, 0.717) is 6.07 Å². The molecule has 10 heteroatoms. The monoisotopic (exact) mass is 448 g/mol. The first-order chi connectivity index (χ1) is 14.7. The number of hydrogen-bond acceptors (Lipinski definition) is 6. The third kappa shape index (κ3) is 2.81. The number of aromatic nitrogens is 1. The van der Waals surface area contributed by atoms with Gasteiger partial charge in [0.15, 0.2) is 0 Å². The zero-order valence-corrected chi connectivity index (χ0v) is 17.5. The van der Waals surface area contributed by atoms with Crippen LogP contribution in [0.4, 0.5) is 13.2 Å². The predicted octanol–water partition coefficient (Wildman–Crippen LogP) is 4.13. The van der Waals surface area contributed by atoms with Gasteiger partial charge in [-0.05, 0) is 52.0 Å². The summed E-state index contributed by atoms with van der Waals surface area (Å²) in [4.78, 5) is 12.6. The molecule has 2 unspecified atom stereocenters. The molecule has 1 aromatic heterocycles. The van der Waals surface area contributed by atoms with Crippen LogP contribution >= 0.6 is 0 Å². The van der Waals surface area contributed by atoms with Gasteiger partial charge in [0.1, 0.15) is 11.2 Å². The molecule has 2 N–H and O–H groups in total. The van der Waals surface area contributed by atoms with Crippen LogP contribution in [0.1, 0.15) is 49.9 Å². The van der Waals surface area contributed by atoms with Gasteiger partial charge in [0.25, 0.3) is 0 Å². The van der Waals surface area contributed by atoms with Crippen molar-refractivity contribution in [1.29, 1.82) is 5.26 Å². The molecule has 1 aromatic carbocycles. The summed E-state index contributed by atoms with van der Waals surface area (Å²) in [5.41, 5.74) is -4.50. The number of hydrogen-bond donors (Lipinski definition) is 2. The molecule has 2 aliphatic rings. The van der Waals surface area contributed by atoms with E-state index in [1.807, 2.05) is 0 Å². The topological polar surface area (TPSA) is 105 Å². The zero-order chi connectivity index (χ0) is 23.8. The molecule has 4 rings (SSSR count). The average Bonchev–Trinajstić information content (AvgIpc) is 3.21. The van der Waals surface area contributed by atoms with Crippen molar-refractivity contribution in [3.05, 3.63) is 52.1 Å². The smallest absolute Gasteiger partial charge is 0.417 e. The van der Waals surface area contributed by atoms with Gasteiger partial charge in [-0.25, -0.2) is 4.79 Å². The lowest BCUT2D eigenvalue weighted by molar-refractivity contribution is -0.146. The van der Waals surface area contributed by atoms with Crippen LogP contribution in [0.2, 0.25) is 0 Å². The number of carbonyl (C=O) groups is 1. The predicted molar refractivity (Wildman–Crippen MR) is 104 cm³/mol. The molecule has 0 aliphatic carbocycles. The summed E-state index contributed by atoms with van der Waals surface area (Å²) in [6, 6.07) is 4.29. The van der Waals surface area contributed by atoms with Crippen LogP contribution in [-0.4, -0.2) is 26.9 Å². The van der Waals surface area contributed by atoms with Crippen molar-refractivity contribution >= 4 is 5.97 Å². The highest BCUT2D eigenvalue weighted by Crippen LogP contribution is 2.63. The van der Waals surface area contributed by atoms with Crippen molar-refractivity contribution in [2.45, 2.75) is 51.2 Å². The average molecular weight is 448 g/mol. The van der Waals surface area contributed by atoms with E-state index in [0.717, 1.165) is 10.6 Å². The lowest BCUT2D eigenvalue weighted by Gasteiger charge is -2.24.